The van der Waals surface area contributed by atoms with E-state index in [1.54, 1.807) is 78.9 Å². The summed E-state index contributed by atoms with van der Waals surface area (Å²) < 4.78 is 5.42. The summed E-state index contributed by atoms with van der Waals surface area (Å²) in [6, 6.07) is 38.0. The van der Waals surface area contributed by atoms with Crippen molar-refractivity contribution in [1.82, 2.24) is 88.7 Å². The second-order valence-corrected chi connectivity index (χ2v) is 36.3. The number of H-pyrrole nitrogens is 1. The molecule has 0 spiro atoms. The number of aromatic hydroxyl groups is 1. The van der Waals surface area contributed by atoms with Crippen LogP contribution in [0.25, 0.3) is 10.9 Å². The molecular formula is C105H127N21O19. The summed E-state index contributed by atoms with van der Waals surface area (Å²) in [4.78, 5) is 189. The average Bonchev–Trinajstić information content (AvgIpc) is 1.65. The van der Waals surface area contributed by atoms with Crippen LogP contribution in [0.1, 0.15) is 215 Å². The van der Waals surface area contributed by atoms with Crippen LogP contribution in [0.3, 0.4) is 0 Å². The van der Waals surface area contributed by atoms with E-state index in [1.165, 1.54) is 29.4 Å². The molecule has 0 saturated carbocycles. The molecule has 9 aromatic rings. The summed E-state index contributed by atoms with van der Waals surface area (Å²) in [5, 5.41) is 85.7. The molecule has 16 rings (SSSR count). The number of para-hydroxylation sites is 4. The van der Waals surface area contributed by atoms with Crippen molar-refractivity contribution in [3.05, 3.63) is 236 Å². The number of aromatic nitrogens is 5. The van der Waals surface area contributed by atoms with E-state index >= 15 is 0 Å². The van der Waals surface area contributed by atoms with Crippen molar-refractivity contribution in [2.24, 2.45) is 15.7 Å². The van der Waals surface area contributed by atoms with Crippen LogP contribution in [0.5, 0.6) is 5.75 Å². The third kappa shape index (κ3) is 31.0. The maximum atomic E-state index is 12.8. The van der Waals surface area contributed by atoms with Crippen LogP contribution in [-0.2, 0) is 135 Å². The molecule has 3 unspecified atom stereocenters. The van der Waals surface area contributed by atoms with E-state index in [1.807, 2.05) is 30.3 Å². The molecule has 12 heterocycles. The highest BCUT2D eigenvalue weighted by molar-refractivity contribution is 6.43. The van der Waals surface area contributed by atoms with Crippen molar-refractivity contribution in [3.63, 3.8) is 0 Å². The van der Waals surface area contributed by atoms with E-state index in [9.17, 15) is 87.9 Å². The van der Waals surface area contributed by atoms with Gasteiger partial charge in [-0.1, -0.05) is 84.9 Å². The molecule has 7 aliphatic rings. The number of hydrogen-bond donors (Lipinski definition) is 20. The lowest BCUT2D eigenvalue weighted by atomic mass is 10.0. The standard InChI is InChI=1S/C27H33N5O5.C26H32N6O4.2C26H31N5O5/c1-37-25-19-7-3-4-8-21(19)31-24(25)26(34)32-22(27(35)36)13-15-29-23(33)9-5-2-6-18-11-10-17-16-28-14-12-20(17)30-18;27-23-18-6-2-3-7-20(18)31-24(23)25(34)32-21(26(35)36)12-14-29-22(33)8-4-1-5-17-10-9-16-15-28-13-11-19(16)30-17;2*32-22(8-4-1-5-17-10-9-16-15-27-13-11-19(16)29-17)28-14-12-21(26(35)36)31-25(34)23-24(33)18-6-2-3-7-20(18)30-23/h3-4,7-8,10-11,22,25,28H,2,5-6,9,12-16H2,1H3,(H,29,33)(H,32,34)(H,35,36);2-3,6-7,9-10,21,23,28H,1,4-5,8,11-15,27H2,(H,29,33)(H,32,34)(H,35,36);2-3,6-7,9-10,21,27,30,33H,1,4-5,8,11-15H2,(H,28,32)(H,31,34)(H,35,36);2-3,6-7,9-10,21,23,27,30H,1,4-5,8,11-15H2,(H,28,32)(H,31,34)(H,35,36)/t22-,25?;21-,23?;21-;21-,23?/m0000/s1. The zero-order chi connectivity index (χ0) is 103. The van der Waals surface area contributed by atoms with Crippen molar-refractivity contribution in [3.8, 4) is 5.75 Å². The highest BCUT2D eigenvalue weighted by Crippen LogP contribution is 2.37. The molecule has 766 valence electrons. The van der Waals surface area contributed by atoms with Crippen LogP contribution in [0.4, 0.5) is 17.1 Å². The Morgan fingerprint density at radius 3 is 1.16 bits per heavy atom. The minimum absolute atomic E-state index is 0.00851. The van der Waals surface area contributed by atoms with Gasteiger partial charge in [-0.15, -0.1) is 0 Å². The number of carbonyl (C=O) groups excluding carboxylic acids is 9. The lowest BCUT2D eigenvalue weighted by Crippen LogP contribution is -2.50. The summed E-state index contributed by atoms with van der Waals surface area (Å²) in [6.45, 7) is 7.72. The number of benzene rings is 4. The molecule has 4 aromatic carbocycles. The van der Waals surface area contributed by atoms with Gasteiger partial charge in [0.25, 0.3) is 23.6 Å². The van der Waals surface area contributed by atoms with Crippen LogP contribution in [0.2, 0.25) is 0 Å². The number of pyridine rings is 4. The van der Waals surface area contributed by atoms with Crippen molar-refractivity contribution in [2.75, 3.05) is 64.8 Å². The molecule has 40 heteroatoms. The minimum Gasteiger partial charge on any atom is -0.505 e. The number of nitrogens with zero attached hydrogens (tertiary/aromatic N) is 6. The number of unbranched alkanes of at least 4 members (excludes halogenated alkanes) is 4. The number of aryl methyl sites for hydroxylation is 4. The SMILES string of the molecule is COC1C(C(=O)N[C@@H](CCNC(=O)CCCCc2ccc3c(n2)CCNC3)C(=O)O)=Nc2ccccc21.NC1C(C(=O)N[C@@H](CCNC(=O)CCCCc2ccc3c(n2)CCNC3)C(=O)O)=Nc2ccccc21.O=C(CCCCc1ccc2c(n1)CCNC2)NCC[C@H](NC(=O)C1Nc2ccccc2C1=O)C(=O)O.O=C(CCCCc1ccc2c(n1)CCNC2)NCC[C@H](NC(=O)c1[nH]c2ccccc2c1O)C(=O)O. The molecule has 0 fully saturated rings. The number of rotatable bonds is 45. The lowest BCUT2D eigenvalue weighted by Gasteiger charge is -2.17. The van der Waals surface area contributed by atoms with Crippen LogP contribution < -0.4 is 74.9 Å². The number of amides is 8. The number of fused-ring (bicyclic) bond motifs is 8. The number of carboxylic acid groups (broad SMARTS) is 4. The van der Waals surface area contributed by atoms with E-state index in [2.05, 4.69) is 120 Å². The van der Waals surface area contributed by atoms with Gasteiger partial charge in [0.15, 0.2) is 17.6 Å². The molecule has 5 aromatic heterocycles. The van der Waals surface area contributed by atoms with E-state index in [-0.39, 0.29) is 98.4 Å². The maximum absolute atomic E-state index is 12.8. The molecule has 40 nitrogen and oxygen atoms in total. The Morgan fingerprint density at radius 1 is 0.414 bits per heavy atom. The Labute approximate surface area is 838 Å². The molecule has 0 radical (unpaired) electrons. The number of ketones is 1. The van der Waals surface area contributed by atoms with Gasteiger partial charge < -0.3 is 110 Å². The van der Waals surface area contributed by atoms with Gasteiger partial charge in [0, 0.05) is 216 Å². The number of Topliss-reactive ketones (excluding diaryl/α,β-unsaturated/α-hetero) is 1. The van der Waals surface area contributed by atoms with Crippen LogP contribution in [0, 0.1) is 0 Å². The number of aliphatic imine (C=N–C) groups is 2. The van der Waals surface area contributed by atoms with Gasteiger partial charge in [-0.05, 0) is 186 Å². The third-order valence-electron chi connectivity index (χ3n) is 25.9. The number of methoxy groups -OCH3 is 1. The Kier molecular flexibility index (Phi) is 39.9. The second-order valence-electron chi connectivity index (χ2n) is 36.3. The molecule has 8 amide bonds. The van der Waals surface area contributed by atoms with Gasteiger partial charge in [0.1, 0.15) is 47.4 Å². The number of nitrogens with one attached hydrogen (secondary N) is 14. The van der Waals surface area contributed by atoms with Crippen molar-refractivity contribution < 1.29 is 92.6 Å². The average molecular weight is 1990 g/mol. The van der Waals surface area contributed by atoms with E-state index in [0.29, 0.717) is 84.9 Å². The normalized spacial score (nSPS) is 16.1. The summed E-state index contributed by atoms with van der Waals surface area (Å²) >= 11 is 0. The summed E-state index contributed by atoms with van der Waals surface area (Å²) in [5.74, 6) is -8.73. The molecule has 0 saturated heterocycles. The number of carbonyl (C=O) groups is 13. The number of aromatic amines is 1. The molecule has 0 aliphatic carbocycles. The van der Waals surface area contributed by atoms with Crippen molar-refractivity contribution >= 4 is 116 Å². The first-order valence-corrected chi connectivity index (χ1v) is 49.5. The van der Waals surface area contributed by atoms with Gasteiger partial charge in [0.05, 0.1) is 17.4 Å². The molecule has 7 aliphatic heterocycles. The number of aliphatic carboxylic acids is 4. The lowest BCUT2D eigenvalue weighted by molar-refractivity contribution is -0.142. The van der Waals surface area contributed by atoms with E-state index in [0.717, 1.165) is 186 Å². The fraction of sp³-hybridized carbons (Fsp3) is 0.419. The summed E-state index contributed by atoms with van der Waals surface area (Å²) in [7, 11) is 1.47. The smallest absolute Gasteiger partial charge is 0.326 e. The highest BCUT2D eigenvalue weighted by Gasteiger charge is 2.39. The third-order valence-corrected chi connectivity index (χ3v) is 25.9. The number of hydrogen-bond acceptors (Lipinski definition) is 27. The van der Waals surface area contributed by atoms with Gasteiger partial charge in [-0.25, -0.2) is 29.2 Å². The predicted molar refractivity (Wildman–Crippen MR) is 539 cm³/mol. The van der Waals surface area contributed by atoms with Gasteiger partial charge in [0.2, 0.25) is 23.6 Å². The van der Waals surface area contributed by atoms with Crippen LogP contribution in [0.15, 0.2) is 156 Å². The number of anilines is 1. The first-order chi connectivity index (χ1) is 70.2. The molecule has 0 bridgehead atoms. The van der Waals surface area contributed by atoms with Crippen molar-refractivity contribution in [1.29, 1.82) is 0 Å². The van der Waals surface area contributed by atoms with Gasteiger partial charge in [-0.3, -0.25) is 63.1 Å². The number of ether oxygens (including phenoxy) is 1. The van der Waals surface area contributed by atoms with Gasteiger partial charge >= 0.3 is 23.9 Å². The van der Waals surface area contributed by atoms with E-state index in [4.69, 9.17) is 30.4 Å². The molecule has 145 heavy (non-hydrogen) atoms. The fourth-order valence-corrected chi connectivity index (χ4v) is 17.8. The Balaban J connectivity index is 0.000000162. The zero-order valence-electron chi connectivity index (χ0n) is 81.1. The number of carboxylic acids is 4. The molecule has 21 N–H and O–H groups in total. The van der Waals surface area contributed by atoms with Crippen LogP contribution >= 0.6 is 0 Å². The first-order valence-electron chi connectivity index (χ1n) is 49.5. The van der Waals surface area contributed by atoms with Gasteiger partial charge in [-0.2, -0.15) is 0 Å². The largest absolute Gasteiger partial charge is 0.505 e. The summed E-state index contributed by atoms with van der Waals surface area (Å²) in [5.41, 5.74) is 24.2. The quantitative estimate of drug-likeness (QED) is 0.0143. The highest BCUT2D eigenvalue weighted by atomic mass is 16.5. The summed E-state index contributed by atoms with van der Waals surface area (Å²) in [6.07, 6.45) is 14.0. The van der Waals surface area contributed by atoms with Crippen molar-refractivity contribution in [2.45, 2.75) is 223 Å². The Bertz CT molecular complexity index is 6230. The van der Waals surface area contributed by atoms with E-state index < -0.39 is 95.6 Å². The number of nitrogens with two attached hydrogens (primary N) is 1. The molecule has 7 atom stereocenters. The Morgan fingerprint density at radius 2 is 0.766 bits per heavy atom. The molecular weight excluding hydrogens is 1860 g/mol. The second kappa shape index (κ2) is 53.9. The first kappa shape index (κ1) is 107. The Hall–Kier alpha value is -15.0. The topological polar surface area (TPSA) is 607 Å². The predicted octanol–water partition coefficient (Wildman–Crippen LogP) is 6.50. The van der Waals surface area contributed by atoms with Crippen LogP contribution in [-0.4, -0.2) is 228 Å². The fourth-order valence-electron chi connectivity index (χ4n) is 17.8. The zero-order valence-corrected chi connectivity index (χ0v) is 81.1. The minimum atomic E-state index is -1.23. The maximum Gasteiger partial charge on any atom is 0.326 e. The monoisotopic (exact) mass is 1990 g/mol.